The Morgan fingerprint density at radius 3 is 2.74 bits per heavy atom. The Bertz CT molecular complexity index is 1040. The first-order chi connectivity index (χ1) is 14.9. The third-order valence-electron chi connectivity index (χ3n) is 4.84. The Hall–Kier alpha value is -3.33. The van der Waals surface area contributed by atoms with E-state index in [2.05, 4.69) is 20.4 Å². The highest BCUT2D eigenvalue weighted by molar-refractivity contribution is 5.94. The smallest absolute Gasteiger partial charge is 0.253 e. The van der Waals surface area contributed by atoms with Crippen molar-refractivity contribution < 1.29 is 23.6 Å². The molecule has 0 saturated carbocycles. The highest BCUT2D eigenvalue weighted by Crippen LogP contribution is 2.27. The first kappa shape index (κ1) is 22.4. The van der Waals surface area contributed by atoms with E-state index in [1.54, 1.807) is 26.0 Å². The number of aliphatic hydroxyl groups is 1. The number of carbonyl (C=O) groups excluding carboxylic acids is 1. The quantitative estimate of drug-likeness (QED) is 0.538. The molecule has 0 aliphatic rings. The van der Waals surface area contributed by atoms with E-state index in [4.69, 9.17) is 9.26 Å². The molecule has 0 bridgehead atoms. The molecule has 2 N–H and O–H groups in total. The van der Waals surface area contributed by atoms with Gasteiger partial charge in [-0.3, -0.25) is 9.78 Å². The van der Waals surface area contributed by atoms with E-state index in [1.165, 1.54) is 18.5 Å². The van der Waals surface area contributed by atoms with Crippen LogP contribution in [-0.2, 0) is 6.61 Å². The average molecular weight is 428 g/mol. The van der Waals surface area contributed by atoms with Crippen molar-refractivity contribution in [1.29, 1.82) is 0 Å². The third kappa shape index (κ3) is 5.43. The monoisotopic (exact) mass is 428 g/mol. The van der Waals surface area contributed by atoms with Gasteiger partial charge in [0.15, 0.2) is 0 Å². The van der Waals surface area contributed by atoms with Crippen molar-refractivity contribution >= 4 is 5.91 Å². The number of aromatic nitrogens is 3. The van der Waals surface area contributed by atoms with Crippen LogP contribution in [0.25, 0.3) is 11.3 Å². The molecule has 3 rings (SSSR count). The maximum absolute atomic E-state index is 13.9. The van der Waals surface area contributed by atoms with Gasteiger partial charge in [-0.15, -0.1) is 0 Å². The number of halogens is 1. The lowest BCUT2D eigenvalue weighted by molar-refractivity contribution is 0.0912. The number of aryl methyl sites for hydroxylation is 2. The van der Waals surface area contributed by atoms with Crippen molar-refractivity contribution in [3.05, 3.63) is 59.0 Å². The molecule has 0 fully saturated rings. The SMILES string of the molecule is CCC[C@@H](CO)NC(=O)c1ccc(OCc2c(-c3cnc(C)c(F)c3)noc2C)nc1. The predicted octanol–water partition coefficient (Wildman–Crippen LogP) is 3.36. The minimum Gasteiger partial charge on any atom is -0.473 e. The second-order valence-electron chi connectivity index (χ2n) is 7.17. The van der Waals surface area contributed by atoms with E-state index in [1.807, 2.05) is 6.92 Å². The summed E-state index contributed by atoms with van der Waals surface area (Å²) in [5.41, 5.74) is 2.26. The Morgan fingerprint density at radius 2 is 2.10 bits per heavy atom. The molecule has 0 radical (unpaired) electrons. The third-order valence-corrected chi connectivity index (χ3v) is 4.84. The molecular formula is C22H25FN4O4. The zero-order chi connectivity index (χ0) is 22.4. The summed E-state index contributed by atoms with van der Waals surface area (Å²) in [5, 5.41) is 16.1. The maximum atomic E-state index is 13.9. The van der Waals surface area contributed by atoms with Gasteiger partial charge in [0.2, 0.25) is 5.88 Å². The van der Waals surface area contributed by atoms with Crippen LogP contribution in [0.2, 0.25) is 0 Å². The van der Waals surface area contributed by atoms with Gasteiger partial charge in [0, 0.05) is 24.0 Å². The number of nitrogens with one attached hydrogen (secondary N) is 1. The molecule has 8 nitrogen and oxygen atoms in total. The minimum absolute atomic E-state index is 0.0990. The van der Waals surface area contributed by atoms with Crippen LogP contribution >= 0.6 is 0 Å². The zero-order valence-electron chi connectivity index (χ0n) is 17.7. The van der Waals surface area contributed by atoms with E-state index in [9.17, 15) is 14.3 Å². The van der Waals surface area contributed by atoms with Crippen molar-refractivity contribution in [2.24, 2.45) is 0 Å². The number of hydrogen-bond acceptors (Lipinski definition) is 7. The first-order valence-electron chi connectivity index (χ1n) is 10.0. The van der Waals surface area contributed by atoms with Crippen LogP contribution in [-0.4, -0.2) is 38.8 Å². The number of aliphatic hydroxyl groups excluding tert-OH is 1. The summed E-state index contributed by atoms with van der Waals surface area (Å²) in [4.78, 5) is 20.5. The van der Waals surface area contributed by atoms with Gasteiger partial charge >= 0.3 is 0 Å². The van der Waals surface area contributed by atoms with Gasteiger partial charge in [0.25, 0.3) is 5.91 Å². The van der Waals surface area contributed by atoms with Crippen molar-refractivity contribution in [3.8, 4) is 17.1 Å². The second-order valence-corrected chi connectivity index (χ2v) is 7.17. The molecule has 164 valence electrons. The van der Waals surface area contributed by atoms with Gasteiger partial charge in [-0.2, -0.15) is 0 Å². The summed E-state index contributed by atoms with van der Waals surface area (Å²) in [5.74, 6) is 0.113. The van der Waals surface area contributed by atoms with Gasteiger partial charge in [-0.05, 0) is 32.4 Å². The molecule has 0 saturated heterocycles. The largest absolute Gasteiger partial charge is 0.473 e. The fourth-order valence-electron chi connectivity index (χ4n) is 3.00. The molecule has 0 unspecified atom stereocenters. The lowest BCUT2D eigenvalue weighted by Crippen LogP contribution is -2.37. The number of ether oxygens (including phenoxy) is 1. The predicted molar refractivity (Wildman–Crippen MR) is 111 cm³/mol. The Kier molecular flexibility index (Phi) is 7.30. The molecular weight excluding hydrogens is 403 g/mol. The Labute approximate surface area is 179 Å². The zero-order valence-corrected chi connectivity index (χ0v) is 17.7. The van der Waals surface area contributed by atoms with Crippen LogP contribution < -0.4 is 10.1 Å². The number of amides is 1. The molecule has 1 atom stereocenters. The van der Waals surface area contributed by atoms with Gasteiger partial charge in [-0.25, -0.2) is 9.37 Å². The summed E-state index contributed by atoms with van der Waals surface area (Å²) >= 11 is 0. The standard InChI is InChI=1S/C22H25FN4O4/c1-4-5-17(11-28)26-22(29)15-6-7-20(25-9-15)30-12-18-14(3)31-27-21(18)16-8-19(23)13(2)24-10-16/h6-10,17,28H,4-5,11-12H2,1-3H3,(H,26,29)/t17-/m0/s1. The van der Waals surface area contributed by atoms with Gasteiger partial charge < -0.3 is 19.7 Å². The molecule has 0 aliphatic carbocycles. The topological polar surface area (TPSA) is 110 Å². The van der Waals surface area contributed by atoms with Crippen molar-refractivity contribution in [1.82, 2.24) is 20.4 Å². The fraction of sp³-hybridized carbons (Fsp3) is 0.364. The molecule has 3 aromatic rings. The molecule has 3 heterocycles. The second kappa shape index (κ2) is 10.1. The van der Waals surface area contributed by atoms with Crippen LogP contribution in [0.4, 0.5) is 4.39 Å². The van der Waals surface area contributed by atoms with Crippen molar-refractivity contribution in [2.45, 2.75) is 46.3 Å². The first-order valence-corrected chi connectivity index (χ1v) is 10.0. The number of carbonyl (C=O) groups is 1. The molecule has 3 aromatic heterocycles. The summed E-state index contributed by atoms with van der Waals surface area (Å²) < 4.78 is 24.9. The molecule has 0 aliphatic heterocycles. The lowest BCUT2D eigenvalue weighted by atomic mass is 10.1. The highest BCUT2D eigenvalue weighted by Gasteiger charge is 2.18. The molecule has 0 spiro atoms. The van der Waals surface area contributed by atoms with E-state index >= 15 is 0 Å². The number of pyridine rings is 2. The highest BCUT2D eigenvalue weighted by atomic mass is 19.1. The molecule has 31 heavy (non-hydrogen) atoms. The number of hydrogen-bond donors (Lipinski definition) is 2. The summed E-state index contributed by atoms with van der Waals surface area (Å²) in [7, 11) is 0. The van der Waals surface area contributed by atoms with E-state index in [0.717, 1.165) is 6.42 Å². The maximum Gasteiger partial charge on any atom is 0.253 e. The summed E-state index contributed by atoms with van der Waals surface area (Å²) in [6, 6.07) is 4.24. The normalized spacial score (nSPS) is 11.9. The number of nitrogens with zero attached hydrogens (tertiary/aromatic N) is 3. The van der Waals surface area contributed by atoms with Crippen molar-refractivity contribution in [2.75, 3.05) is 6.61 Å². The fourth-order valence-corrected chi connectivity index (χ4v) is 3.00. The van der Waals surface area contributed by atoms with E-state index in [-0.39, 0.29) is 25.2 Å². The van der Waals surface area contributed by atoms with Crippen LogP contribution in [0, 0.1) is 19.7 Å². The number of rotatable bonds is 9. The summed E-state index contributed by atoms with van der Waals surface area (Å²) in [6.07, 6.45) is 4.48. The minimum atomic E-state index is -0.428. The van der Waals surface area contributed by atoms with Gasteiger partial charge in [0.1, 0.15) is 23.9 Å². The van der Waals surface area contributed by atoms with Gasteiger partial charge in [-0.1, -0.05) is 18.5 Å². The van der Waals surface area contributed by atoms with Crippen LogP contribution in [0.5, 0.6) is 5.88 Å². The molecule has 9 heteroatoms. The summed E-state index contributed by atoms with van der Waals surface area (Å²) in [6.45, 7) is 5.29. The van der Waals surface area contributed by atoms with Crippen LogP contribution in [0.1, 0.15) is 47.1 Å². The Morgan fingerprint density at radius 1 is 1.29 bits per heavy atom. The van der Waals surface area contributed by atoms with Crippen LogP contribution in [0.15, 0.2) is 35.1 Å². The molecule has 0 aromatic carbocycles. The lowest BCUT2D eigenvalue weighted by Gasteiger charge is -2.15. The van der Waals surface area contributed by atoms with E-state index in [0.29, 0.717) is 46.1 Å². The average Bonchev–Trinajstić information content (AvgIpc) is 3.14. The van der Waals surface area contributed by atoms with E-state index < -0.39 is 5.82 Å². The van der Waals surface area contributed by atoms with Crippen LogP contribution in [0.3, 0.4) is 0 Å². The van der Waals surface area contributed by atoms with Crippen molar-refractivity contribution in [3.63, 3.8) is 0 Å². The molecule has 1 amide bonds. The van der Waals surface area contributed by atoms with Gasteiger partial charge in [0.05, 0.1) is 29.5 Å². The Balaban J connectivity index is 1.68.